The topological polar surface area (TPSA) is 49.0 Å². The summed E-state index contributed by atoms with van der Waals surface area (Å²) in [6.07, 6.45) is 0.0158. The Morgan fingerprint density at radius 2 is 1.65 bits per heavy atom. The van der Waals surface area contributed by atoms with Crippen molar-refractivity contribution < 1.29 is 18.9 Å². The van der Waals surface area contributed by atoms with E-state index in [9.17, 15) is 0 Å². The van der Waals surface area contributed by atoms with Crippen LogP contribution in [0.5, 0.6) is 23.0 Å². The molecule has 1 unspecified atom stereocenters. The summed E-state index contributed by atoms with van der Waals surface area (Å²) in [6.45, 7) is 3.26. The molecule has 5 heteroatoms. The van der Waals surface area contributed by atoms with Crippen molar-refractivity contribution in [1.82, 2.24) is 5.32 Å². The standard InChI is InChI=1S/C18H19NO4/c1-2-4-17-15(3-1)22-12-14(23-17)11-19-10-13-5-6-16-18(9-13)21-8-7-20-16/h1-6,9,14,19H,7-8,10-12H2. The minimum Gasteiger partial charge on any atom is -0.486 e. The number of hydrogen-bond donors (Lipinski definition) is 1. The number of rotatable bonds is 4. The highest BCUT2D eigenvalue weighted by atomic mass is 16.6. The average Bonchev–Trinajstić information content (AvgIpc) is 2.61. The van der Waals surface area contributed by atoms with Crippen LogP contribution < -0.4 is 24.3 Å². The van der Waals surface area contributed by atoms with Gasteiger partial charge in [-0.15, -0.1) is 0 Å². The molecule has 0 spiro atoms. The Bertz CT molecular complexity index is 688. The van der Waals surface area contributed by atoms with Gasteiger partial charge in [0.15, 0.2) is 23.0 Å². The van der Waals surface area contributed by atoms with Gasteiger partial charge in [-0.25, -0.2) is 0 Å². The fourth-order valence-electron chi connectivity index (χ4n) is 2.74. The largest absolute Gasteiger partial charge is 0.486 e. The summed E-state index contributed by atoms with van der Waals surface area (Å²) in [6, 6.07) is 13.8. The second kappa shape index (κ2) is 6.38. The molecule has 23 heavy (non-hydrogen) atoms. The lowest BCUT2D eigenvalue weighted by atomic mass is 10.2. The molecule has 1 N–H and O–H groups in total. The third kappa shape index (κ3) is 3.19. The first-order valence-electron chi connectivity index (χ1n) is 7.86. The lowest BCUT2D eigenvalue weighted by molar-refractivity contribution is 0.0902. The molecular formula is C18H19NO4. The molecule has 2 aliphatic heterocycles. The maximum Gasteiger partial charge on any atom is 0.161 e. The summed E-state index contributed by atoms with van der Waals surface area (Å²) in [4.78, 5) is 0. The zero-order valence-corrected chi connectivity index (χ0v) is 12.8. The smallest absolute Gasteiger partial charge is 0.161 e. The van der Waals surface area contributed by atoms with Crippen LogP contribution in [-0.2, 0) is 6.54 Å². The van der Waals surface area contributed by atoms with Crippen molar-refractivity contribution in [2.75, 3.05) is 26.4 Å². The molecule has 0 aliphatic carbocycles. The molecule has 4 rings (SSSR count). The average molecular weight is 313 g/mol. The van der Waals surface area contributed by atoms with Gasteiger partial charge in [-0.3, -0.25) is 0 Å². The van der Waals surface area contributed by atoms with E-state index >= 15 is 0 Å². The number of benzene rings is 2. The van der Waals surface area contributed by atoms with E-state index in [1.165, 1.54) is 0 Å². The van der Waals surface area contributed by atoms with Crippen molar-refractivity contribution in [2.24, 2.45) is 0 Å². The van der Waals surface area contributed by atoms with Crippen LogP contribution in [0.25, 0.3) is 0 Å². The van der Waals surface area contributed by atoms with E-state index in [-0.39, 0.29) is 6.10 Å². The summed E-state index contributed by atoms with van der Waals surface area (Å²) >= 11 is 0. The van der Waals surface area contributed by atoms with Gasteiger partial charge in [0.2, 0.25) is 0 Å². The summed E-state index contributed by atoms with van der Waals surface area (Å²) in [5.41, 5.74) is 1.16. The minimum absolute atomic E-state index is 0.0158. The van der Waals surface area contributed by atoms with Crippen LogP contribution in [-0.4, -0.2) is 32.5 Å². The highest BCUT2D eigenvalue weighted by Crippen LogP contribution is 2.31. The van der Waals surface area contributed by atoms with Crippen molar-refractivity contribution in [2.45, 2.75) is 12.6 Å². The van der Waals surface area contributed by atoms with Crippen LogP contribution in [0.15, 0.2) is 42.5 Å². The van der Waals surface area contributed by atoms with E-state index in [1.54, 1.807) is 0 Å². The first-order chi connectivity index (χ1) is 11.4. The van der Waals surface area contributed by atoms with Crippen molar-refractivity contribution in [1.29, 1.82) is 0 Å². The Morgan fingerprint density at radius 3 is 2.57 bits per heavy atom. The second-order valence-corrected chi connectivity index (χ2v) is 5.61. The summed E-state index contributed by atoms with van der Waals surface area (Å²) in [5.74, 6) is 3.27. The SMILES string of the molecule is c1ccc2c(c1)OCC(CNCc1ccc3c(c1)OCCO3)O2. The Labute approximate surface area is 135 Å². The Morgan fingerprint density at radius 1 is 0.870 bits per heavy atom. The monoisotopic (exact) mass is 313 g/mol. The molecule has 5 nitrogen and oxygen atoms in total. The molecule has 0 amide bonds. The van der Waals surface area contributed by atoms with Gasteiger partial charge in [-0.1, -0.05) is 18.2 Å². The van der Waals surface area contributed by atoms with Crippen molar-refractivity contribution in [3.8, 4) is 23.0 Å². The first-order valence-corrected chi connectivity index (χ1v) is 7.86. The third-order valence-electron chi connectivity index (χ3n) is 3.88. The Balaban J connectivity index is 1.31. The van der Waals surface area contributed by atoms with E-state index in [0.717, 1.165) is 41.7 Å². The van der Waals surface area contributed by atoms with Gasteiger partial charge < -0.3 is 24.3 Å². The molecule has 120 valence electrons. The Hall–Kier alpha value is -2.40. The van der Waals surface area contributed by atoms with Gasteiger partial charge in [0.1, 0.15) is 25.9 Å². The van der Waals surface area contributed by atoms with Gasteiger partial charge in [0.05, 0.1) is 0 Å². The zero-order valence-electron chi connectivity index (χ0n) is 12.8. The zero-order chi connectivity index (χ0) is 15.5. The number of para-hydroxylation sites is 2. The molecule has 2 aliphatic rings. The summed E-state index contributed by atoms with van der Waals surface area (Å²) in [5, 5.41) is 3.41. The fourth-order valence-corrected chi connectivity index (χ4v) is 2.74. The first kappa shape index (κ1) is 14.2. The number of nitrogens with one attached hydrogen (secondary N) is 1. The van der Waals surface area contributed by atoms with Crippen LogP contribution >= 0.6 is 0 Å². The van der Waals surface area contributed by atoms with Crippen molar-refractivity contribution >= 4 is 0 Å². The Kier molecular flexibility index (Phi) is 3.94. The quantitative estimate of drug-likeness (QED) is 0.939. The normalized spacial score (nSPS) is 18.5. The molecular weight excluding hydrogens is 294 g/mol. The number of ether oxygens (including phenoxy) is 4. The molecule has 2 aromatic carbocycles. The van der Waals surface area contributed by atoms with Gasteiger partial charge in [0.25, 0.3) is 0 Å². The van der Waals surface area contributed by atoms with Gasteiger partial charge in [-0.05, 0) is 29.8 Å². The van der Waals surface area contributed by atoms with E-state index in [0.29, 0.717) is 19.8 Å². The molecule has 0 fully saturated rings. The summed E-state index contributed by atoms with van der Waals surface area (Å²) in [7, 11) is 0. The summed E-state index contributed by atoms with van der Waals surface area (Å²) < 4.78 is 22.8. The van der Waals surface area contributed by atoms with Gasteiger partial charge >= 0.3 is 0 Å². The van der Waals surface area contributed by atoms with Crippen molar-refractivity contribution in [3.05, 3.63) is 48.0 Å². The molecule has 0 saturated heterocycles. The molecule has 0 saturated carbocycles. The van der Waals surface area contributed by atoms with E-state index in [2.05, 4.69) is 5.32 Å². The lowest BCUT2D eigenvalue weighted by Gasteiger charge is -2.26. The molecule has 0 radical (unpaired) electrons. The lowest BCUT2D eigenvalue weighted by Crippen LogP contribution is -2.38. The predicted octanol–water partition coefficient (Wildman–Crippen LogP) is 2.39. The molecule has 2 heterocycles. The fraction of sp³-hybridized carbons (Fsp3) is 0.333. The highest BCUT2D eigenvalue weighted by molar-refractivity contribution is 5.44. The van der Waals surface area contributed by atoms with Gasteiger partial charge in [0, 0.05) is 13.1 Å². The van der Waals surface area contributed by atoms with Crippen LogP contribution in [0, 0.1) is 0 Å². The molecule has 1 atom stereocenters. The van der Waals surface area contributed by atoms with E-state index < -0.39 is 0 Å². The third-order valence-corrected chi connectivity index (χ3v) is 3.88. The number of fused-ring (bicyclic) bond motifs is 2. The number of hydrogen-bond acceptors (Lipinski definition) is 5. The van der Waals surface area contributed by atoms with E-state index in [1.807, 2.05) is 42.5 Å². The molecule has 0 bridgehead atoms. The molecule has 0 aromatic heterocycles. The van der Waals surface area contributed by atoms with E-state index in [4.69, 9.17) is 18.9 Å². The van der Waals surface area contributed by atoms with Crippen LogP contribution in [0.3, 0.4) is 0 Å². The maximum atomic E-state index is 5.93. The molecule has 2 aromatic rings. The maximum absolute atomic E-state index is 5.93. The van der Waals surface area contributed by atoms with Crippen LogP contribution in [0.4, 0.5) is 0 Å². The predicted molar refractivity (Wildman–Crippen MR) is 85.5 cm³/mol. The highest BCUT2D eigenvalue weighted by Gasteiger charge is 2.20. The minimum atomic E-state index is 0.0158. The van der Waals surface area contributed by atoms with Gasteiger partial charge in [-0.2, -0.15) is 0 Å². The van der Waals surface area contributed by atoms with Crippen LogP contribution in [0.1, 0.15) is 5.56 Å². The van der Waals surface area contributed by atoms with Crippen molar-refractivity contribution in [3.63, 3.8) is 0 Å². The van der Waals surface area contributed by atoms with Crippen LogP contribution in [0.2, 0.25) is 0 Å². The second-order valence-electron chi connectivity index (χ2n) is 5.61.